The smallest absolute Gasteiger partial charge is 0.228 e. The van der Waals surface area contributed by atoms with Gasteiger partial charge in [0.1, 0.15) is 11.6 Å². The molecule has 0 radical (unpaired) electrons. The van der Waals surface area contributed by atoms with Crippen molar-refractivity contribution in [3.63, 3.8) is 0 Å². The number of hydrogen-bond acceptors (Lipinski definition) is 2. The summed E-state index contributed by atoms with van der Waals surface area (Å²) in [7, 11) is 1.59. The third-order valence-corrected chi connectivity index (χ3v) is 3.47. The molecule has 2 N–H and O–H groups in total. The van der Waals surface area contributed by atoms with Gasteiger partial charge >= 0.3 is 0 Å². The summed E-state index contributed by atoms with van der Waals surface area (Å²) >= 11 is 0. The van der Waals surface area contributed by atoms with Gasteiger partial charge in [0.25, 0.3) is 0 Å². The quantitative estimate of drug-likeness (QED) is 0.774. The first-order valence-corrected chi connectivity index (χ1v) is 6.86. The number of carbonyl (C=O) groups is 1. The van der Waals surface area contributed by atoms with Gasteiger partial charge in [-0.2, -0.15) is 0 Å². The van der Waals surface area contributed by atoms with E-state index in [-0.39, 0.29) is 18.0 Å². The van der Waals surface area contributed by atoms with Crippen LogP contribution in [0.15, 0.2) is 48.7 Å². The molecule has 0 aliphatic carbocycles. The number of nitrogens with one attached hydrogen (secondary N) is 2. The molecule has 0 bridgehead atoms. The summed E-state index contributed by atoms with van der Waals surface area (Å²) in [6, 6.07) is 11.7. The number of methoxy groups -OCH3 is 1. The Labute approximate surface area is 126 Å². The van der Waals surface area contributed by atoms with Crippen molar-refractivity contribution in [3.05, 3.63) is 60.0 Å². The lowest BCUT2D eigenvalue weighted by atomic mass is 10.1. The normalized spacial score (nSPS) is 10.6. The summed E-state index contributed by atoms with van der Waals surface area (Å²) in [6.07, 6.45) is 1.91. The van der Waals surface area contributed by atoms with Crippen molar-refractivity contribution in [1.29, 1.82) is 0 Å². The molecule has 2 aromatic carbocycles. The summed E-state index contributed by atoms with van der Waals surface area (Å²) in [6.45, 7) is 0. The number of rotatable bonds is 4. The molecular weight excluding hydrogens is 283 g/mol. The molecular formula is C17H15FN2O2. The zero-order chi connectivity index (χ0) is 15.5. The second-order valence-corrected chi connectivity index (χ2v) is 4.90. The van der Waals surface area contributed by atoms with Crippen LogP contribution in [0.5, 0.6) is 5.75 Å². The minimum absolute atomic E-state index is 0.134. The van der Waals surface area contributed by atoms with E-state index >= 15 is 0 Å². The minimum Gasteiger partial charge on any atom is -0.496 e. The van der Waals surface area contributed by atoms with E-state index in [4.69, 9.17) is 4.74 Å². The van der Waals surface area contributed by atoms with E-state index in [0.29, 0.717) is 5.75 Å². The standard InChI is InChI=1S/C17H15FN2O2/c1-22-15-8-4-7-14-17(15)11(10-19-14)9-16(21)20-13-6-3-2-5-12(13)18/h2-8,10,19H,9H2,1H3,(H,20,21). The molecule has 0 saturated heterocycles. The maximum atomic E-state index is 13.6. The van der Waals surface area contributed by atoms with Crippen LogP contribution in [0.25, 0.3) is 10.9 Å². The molecule has 0 aliphatic heterocycles. The van der Waals surface area contributed by atoms with Crippen LogP contribution >= 0.6 is 0 Å². The Kier molecular flexibility index (Phi) is 3.78. The molecule has 1 amide bonds. The van der Waals surface area contributed by atoms with Crippen molar-refractivity contribution in [1.82, 2.24) is 4.98 Å². The maximum Gasteiger partial charge on any atom is 0.228 e. The van der Waals surface area contributed by atoms with E-state index in [1.165, 1.54) is 12.1 Å². The molecule has 1 heterocycles. The topological polar surface area (TPSA) is 54.1 Å². The zero-order valence-corrected chi connectivity index (χ0v) is 12.0. The summed E-state index contributed by atoms with van der Waals surface area (Å²) < 4.78 is 18.9. The largest absolute Gasteiger partial charge is 0.496 e. The number of benzene rings is 2. The van der Waals surface area contributed by atoms with E-state index < -0.39 is 5.82 Å². The molecule has 0 atom stereocenters. The second-order valence-electron chi connectivity index (χ2n) is 4.90. The highest BCUT2D eigenvalue weighted by molar-refractivity contribution is 5.97. The summed E-state index contributed by atoms with van der Waals surface area (Å²) in [5, 5.41) is 3.45. The highest BCUT2D eigenvalue weighted by Crippen LogP contribution is 2.29. The Morgan fingerprint density at radius 1 is 1.23 bits per heavy atom. The highest BCUT2D eigenvalue weighted by atomic mass is 19.1. The van der Waals surface area contributed by atoms with Crippen LogP contribution in [0.2, 0.25) is 0 Å². The number of carbonyl (C=O) groups excluding carboxylic acids is 1. The molecule has 3 aromatic rings. The highest BCUT2D eigenvalue weighted by Gasteiger charge is 2.13. The van der Waals surface area contributed by atoms with Crippen molar-refractivity contribution in [3.8, 4) is 5.75 Å². The number of hydrogen-bond donors (Lipinski definition) is 2. The van der Waals surface area contributed by atoms with Gasteiger partial charge < -0.3 is 15.0 Å². The van der Waals surface area contributed by atoms with Crippen LogP contribution in [0.1, 0.15) is 5.56 Å². The third kappa shape index (κ3) is 2.65. The first kappa shape index (κ1) is 14.1. The van der Waals surface area contributed by atoms with Gasteiger partial charge in [-0.15, -0.1) is 0 Å². The van der Waals surface area contributed by atoms with Crippen LogP contribution < -0.4 is 10.1 Å². The van der Waals surface area contributed by atoms with Crippen molar-refractivity contribution in [2.75, 3.05) is 12.4 Å². The fraction of sp³-hybridized carbons (Fsp3) is 0.118. The van der Waals surface area contributed by atoms with E-state index in [2.05, 4.69) is 10.3 Å². The average Bonchev–Trinajstić information content (AvgIpc) is 2.93. The fourth-order valence-electron chi connectivity index (χ4n) is 2.46. The Hall–Kier alpha value is -2.82. The van der Waals surface area contributed by atoms with Crippen LogP contribution in [-0.2, 0) is 11.2 Å². The van der Waals surface area contributed by atoms with Crippen LogP contribution in [0, 0.1) is 5.82 Å². The van der Waals surface area contributed by atoms with Gasteiger partial charge in [-0.05, 0) is 29.8 Å². The summed E-state index contributed by atoms with van der Waals surface area (Å²) in [4.78, 5) is 15.3. The average molecular weight is 298 g/mol. The lowest BCUT2D eigenvalue weighted by Crippen LogP contribution is -2.15. The van der Waals surface area contributed by atoms with Gasteiger partial charge in [-0.3, -0.25) is 4.79 Å². The van der Waals surface area contributed by atoms with Gasteiger partial charge in [0.15, 0.2) is 0 Å². The lowest BCUT2D eigenvalue weighted by Gasteiger charge is -2.07. The van der Waals surface area contributed by atoms with Crippen molar-refractivity contribution >= 4 is 22.5 Å². The molecule has 0 aliphatic rings. The Bertz CT molecular complexity index is 826. The molecule has 1 aromatic heterocycles. The van der Waals surface area contributed by atoms with Crippen LogP contribution in [-0.4, -0.2) is 18.0 Å². The lowest BCUT2D eigenvalue weighted by molar-refractivity contribution is -0.115. The van der Waals surface area contributed by atoms with Crippen molar-refractivity contribution in [2.45, 2.75) is 6.42 Å². The number of amides is 1. The Morgan fingerprint density at radius 3 is 2.82 bits per heavy atom. The van der Waals surface area contributed by atoms with Gasteiger partial charge in [0, 0.05) is 17.1 Å². The first-order valence-electron chi connectivity index (χ1n) is 6.86. The van der Waals surface area contributed by atoms with Gasteiger partial charge in [0.2, 0.25) is 5.91 Å². The molecule has 0 fully saturated rings. The molecule has 5 heteroatoms. The third-order valence-electron chi connectivity index (χ3n) is 3.47. The summed E-state index contributed by atoms with van der Waals surface area (Å²) in [5.41, 5.74) is 1.88. The number of H-pyrrole nitrogens is 1. The molecule has 112 valence electrons. The first-order chi connectivity index (χ1) is 10.7. The fourth-order valence-corrected chi connectivity index (χ4v) is 2.46. The number of aromatic nitrogens is 1. The Balaban J connectivity index is 1.84. The molecule has 0 spiro atoms. The van der Waals surface area contributed by atoms with Crippen molar-refractivity contribution < 1.29 is 13.9 Å². The number of aromatic amines is 1. The van der Waals surface area contributed by atoms with E-state index in [9.17, 15) is 9.18 Å². The van der Waals surface area contributed by atoms with Gasteiger partial charge in [-0.1, -0.05) is 18.2 Å². The van der Waals surface area contributed by atoms with E-state index in [0.717, 1.165) is 16.5 Å². The van der Waals surface area contributed by atoms with Crippen LogP contribution in [0.4, 0.5) is 10.1 Å². The number of fused-ring (bicyclic) bond motifs is 1. The van der Waals surface area contributed by atoms with E-state index in [1.54, 1.807) is 25.4 Å². The van der Waals surface area contributed by atoms with Crippen molar-refractivity contribution in [2.24, 2.45) is 0 Å². The maximum absolute atomic E-state index is 13.6. The molecule has 0 saturated carbocycles. The SMILES string of the molecule is COc1cccc2[nH]cc(CC(=O)Nc3ccccc3F)c12. The second kappa shape index (κ2) is 5.89. The molecule has 4 nitrogen and oxygen atoms in total. The number of para-hydroxylation sites is 1. The number of halogens is 1. The molecule has 0 unspecified atom stereocenters. The molecule has 3 rings (SSSR count). The predicted octanol–water partition coefficient (Wildman–Crippen LogP) is 3.50. The zero-order valence-electron chi connectivity index (χ0n) is 12.0. The monoisotopic (exact) mass is 298 g/mol. The predicted molar refractivity (Wildman–Crippen MR) is 83.6 cm³/mol. The number of anilines is 1. The minimum atomic E-state index is -0.452. The number of ether oxygens (including phenoxy) is 1. The Morgan fingerprint density at radius 2 is 2.05 bits per heavy atom. The van der Waals surface area contributed by atoms with E-state index in [1.807, 2.05) is 18.2 Å². The van der Waals surface area contributed by atoms with Crippen LogP contribution in [0.3, 0.4) is 0 Å². The molecule has 22 heavy (non-hydrogen) atoms. The van der Waals surface area contributed by atoms with Gasteiger partial charge in [-0.25, -0.2) is 4.39 Å². The van der Waals surface area contributed by atoms with Gasteiger partial charge in [0.05, 0.1) is 19.2 Å². The summed E-state index contributed by atoms with van der Waals surface area (Å²) in [5.74, 6) is -0.0308.